The molecular formula is C18H16F3N5. The number of halogens is 3. The van der Waals surface area contributed by atoms with E-state index < -0.39 is 11.7 Å². The van der Waals surface area contributed by atoms with Crippen LogP contribution in [0, 0.1) is 0 Å². The van der Waals surface area contributed by atoms with Crippen molar-refractivity contribution in [2.24, 2.45) is 0 Å². The largest absolute Gasteiger partial charge is 0.416 e. The first-order chi connectivity index (χ1) is 12.4. The zero-order valence-electron chi connectivity index (χ0n) is 13.8. The molecule has 3 aromatic rings. The summed E-state index contributed by atoms with van der Waals surface area (Å²) in [6.45, 7) is 1.97. The number of aromatic nitrogens is 3. The second-order valence-corrected chi connectivity index (χ2v) is 5.65. The third-order valence-corrected chi connectivity index (χ3v) is 3.67. The summed E-state index contributed by atoms with van der Waals surface area (Å²) in [5.74, 6) is 0.570. The first-order valence-electron chi connectivity index (χ1n) is 7.87. The third-order valence-electron chi connectivity index (χ3n) is 3.67. The normalized spacial score (nSPS) is 12.5. The molecule has 8 heteroatoms. The Morgan fingerprint density at radius 2 is 1.77 bits per heavy atom. The number of benzene rings is 2. The average molecular weight is 359 g/mol. The minimum absolute atomic E-state index is 0.0192. The van der Waals surface area contributed by atoms with Crippen molar-refractivity contribution in [1.29, 1.82) is 0 Å². The second-order valence-electron chi connectivity index (χ2n) is 5.65. The van der Waals surface area contributed by atoms with Crippen LogP contribution in [0.5, 0.6) is 0 Å². The van der Waals surface area contributed by atoms with E-state index in [1.54, 1.807) is 0 Å². The maximum atomic E-state index is 12.8. The Kier molecular flexibility index (Phi) is 5.01. The van der Waals surface area contributed by atoms with E-state index in [1.807, 2.05) is 37.3 Å². The quantitative estimate of drug-likeness (QED) is 0.685. The number of hydrogen-bond donors (Lipinski definition) is 2. The Labute approximate surface area is 148 Å². The molecule has 1 aromatic heterocycles. The Morgan fingerprint density at radius 1 is 1.00 bits per heavy atom. The van der Waals surface area contributed by atoms with Crippen molar-refractivity contribution in [2.75, 3.05) is 10.6 Å². The number of hydrogen-bond acceptors (Lipinski definition) is 5. The van der Waals surface area contributed by atoms with E-state index >= 15 is 0 Å². The molecule has 0 aliphatic heterocycles. The minimum Gasteiger partial charge on any atom is -0.362 e. The second kappa shape index (κ2) is 7.38. The molecule has 3 rings (SSSR count). The lowest BCUT2D eigenvalue weighted by atomic mass is 10.1. The van der Waals surface area contributed by atoms with Gasteiger partial charge < -0.3 is 10.6 Å². The van der Waals surface area contributed by atoms with E-state index in [-0.39, 0.29) is 17.7 Å². The molecule has 0 radical (unpaired) electrons. The van der Waals surface area contributed by atoms with Gasteiger partial charge in [-0.15, -0.1) is 5.10 Å². The molecule has 0 aliphatic rings. The van der Waals surface area contributed by atoms with Crippen LogP contribution < -0.4 is 10.6 Å². The number of anilines is 3. The summed E-state index contributed by atoms with van der Waals surface area (Å²) < 4.78 is 38.4. The highest BCUT2D eigenvalue weighted by molar-refractivity contribution is 5.55. The highest BCUT2D eigenvalue weighted by atomic mass is 19.4. The fourth-order valence-electron chi connectivity index (χ4n) is 2.38. The first kappa shape index (κ1) is 17.7. The topological polar surface area (TPSA) is 62.7 Å². The molecule has 0 amide bonds. The summed E-state index contributed by atoms with van der Waals surface area (Å²) in [6.07, 6.45) is -2.96. The van der Waals surface area contributed by atoms with E-state index in [4.69, 9.17) is 0 Å². The minimum atomic E-state index is -4.41. The molecule has 0 saturated heterocycles. The van der Waals surface area contributed by atoms with Crippen molar-refractivity contribution in [3.8, 4) is 0 Å². The van der Waals surface area contributed by atoms with Crippen LogP contribution in [-0.4, -0.2) is 15.2 Å². The number of alkyl halides is 3. The van der Waals surface area contributed by atoms with E-state index in [1.165, 1.54) is 18.3 Å². The molecule has 0 aliphatic carbocycles. The van der Waals surface area contributed by atoms with E-state index in [9.17, 15) is 13.2 Å². The molecule has 1 atom stereocenters. The molecule has 134 valence electrons. The van der Waals surface area contributed by atoms with Gasteiger partial charge in [-0.2, -0.15) is 23.3 Å². The highest BCUT2D eigenvalue weighted by Crippen LogP contribution is 2.31. The SMILES string of the molecule is CC(Nc1cnnc(Nc2cccc(C(F)(F)F)c2)n1)c1ccccc1. The fraction of sp³-hybridized carbons (Fsp3) is 0.167. The molecule has 0 fully saturated rings. The average Bonchev–Trinajstić information content (AvgIpc) is 2.62. The lowest BCUT2D eigenvalue weighted by molar-refractivity contribution is -0.137. The van der Waals surface area contributed by atoms with Crippen molar-refractivity contribution in [1.82, 2.24) is 15.2 Å². The number of nitrogens with zero attached hydrogens (tertiary/aromatic N) is 3. The monoisotopic (exact) mass is 359 g/mol. The zero-order valence-corrected chi connectivity index (χ0v) is 13.8. The maximum absolute atomic E-state index is 12.8. The molecule has 1 heterocycles. The van der Waals surface area contributed by atoms with Crippen molar-refractivity contribution < 1.29 is 13.2 Å². The van der Waals surface area contributed by atoms with Gasteiger partial charge in [0.2, 0.25) is 5.95 Å². The molecule has 1 unspecified atom stereocenters. The maximum Gasteiger partial charge on any atom is 0.416 e. The van der Waals surface area contributed by atoms with Gasteiger partial charge in [-0.3, -0.25) is 0 Å². The van der Waals surface area contributed by atoms with Gasteiger partial charge >= 0.3 is 6.18 Å². The summed E-state index contributed by atoms with van der Waals surface area (Å²) >= 11 is 0. The molecule has 0 bridgehead atoms. The summed E-state index contributed by atoms with van der Waals surface area (Å²) in [5, 5.41) is 13.6. The van der Waals surface area contributed by atoms with Crippen LogP contribution in [0.15, 0.2) is 60.8 Å². The Bertz CT molecular complexity index is 868. The number of rotatable bonds is 5. The molecule has 0 saturated carbocycles. The van der Waals surface area contributed by atoms with Crippen molar-refractivity contribution in [2.45, 2.75) is 19.1 Å². The van der Waals surface area contributed by atoms with Gasteiger partial charge in [0.1, 0.15) is 0 Å². The van der Waals surface area contributed by atoms with Gasteiger partial charge in [0.15, 0.2) is 5.82 Å². The number of nitrogens with one attached hydrogen (secondary N) is 2. The third kappa shape index (κ3) is 4.47. The van der Waals surface area contributed by atoms with E-state index in [2.05, 4.69) is 25.8 Å². The predicted octanol–water partition coefficient (Wildman–Crippen LogP) is 4.81. The van der Waals surface area contributed by atoms with Crippen LogP contribution in [0.4, 0.5) is 30.6 Å². The summed E-state index contributed by atoms with van der Waals surface area (Å²) in [4.78, 5) is 4.25. The zero-order chi connectivity index (χ0) is 18.6. The van der Waals surface area contributed by atoms with Crippen LogP contribution in [0.2, 0.25) is 0 Å². The van der Waals surface area contributed by atoms with Gasteiger partial charge in [0.05, 0.1) is 11.8 Å². The van der Waals surface area contributed by atoms with Crippen LogP contribution in [0.3, 0.4) is 0 Å². The van der Waals surface area contributed by atoms with Crippen LogP contribution in [0.1, 0.15) is 24.1 Å². The van der Waals surface area contributed by atoms with E-state index in [0.29, 0.717) is 5.82 Å². The summed E-state index contributed by atoms with van der Waals surface area (Å²) in [6, 6.07) is 14.6. The van der Waals surface area contributed by atoms with Crippen molar-refractivity contribution in [3.63, 3.8) is 0 Å². The Hall–Kier alpha value is -3.16. The molecule has 5 nitrogen and oxygen atoms in total. The molecule has 2 N–H and O–H groups in total. The standard InChI is InChI=1S/C18H16F3N5/c1-12(13-6-3-2-4-7-13)23-16-11-22-26-17(25-16)24-15-9-5-8-14(10-15)18(19,20)21/h2-12H,1H3,(H2,23,24,25,26). The van der Waals surface area contributed by atoms with Crippen molar-refractivity contribution in [3.05, 3.63) is 71.9 Å². The smallest absolute Gasteiger partial charge is 0.362 e. The van der Waals surface area contributed by atoms with Gasteiger partial charge in [0, 0.05) is 11.7 Å². The van der Waals surface area contributed by atoms with Gasteiger partial charge in [-0.05, 0) is 30.7 Å². The van der Waals surface area contributed by atoms with Gasteiger partial charge in [-0.25, -0.2) is 0 Å². The Balaban J connectivity index is 1.74. The molecule has 26 heavy (non-hydrogen) atoms. The van der Waals surface area contributed by atoms with E-state index in [0.717, 1.165) is 17.7 Å². The van der Waals surface area contributed by atoms with Crippen LogP contribution >= 0.6 is 0 Å². The van der Waals surface area contributed by atoms with Crippen molar-refractivity contribution >= 4 is 17.5 Å². The fourth-order valence-corrected chi connectivity index (χ4v) is 2.38. The Morgan fingerprint density at radius 3 is 2.50 bits per heavy atom. The molecule has 0 spiro atoms. The predicted molar refractivity (Wildman–Crippen MR) is 93.0 cm³/mol. The summed E-state index contributed by atoms with van der Waals surface area (Å²) in [5.41, 5.74) is 0.552. The van der Waals surface area contributed by atoms with Crippen LogP contribution in [0.25, 0.3) is 0 Å². The van der Waals surface area contributed by atoms with Crippen LogP contribution in [-0.2, 0) is 6.18 Å². The van der Waals surface area contributed by atoms with Gasteiger partial charge in [-0.1, -0.05) is 36.4 Å². The lowest BCUT2D eigenvalue weighted by Crippen LogP contribution is -2.10. The first-order valence-corrected chi connectivity index (χ1v) is 7.87. The van der Waals surface area contributed by atoms with Gasteiger partial charge in [0.25, 0.3) is 0 Å². The lowest BCUT2D eigenvalue weighted by Gasteiger charge is -2.15. The summed E-state index contributed by atoms with van der Waals surface area (Å²) in [7, 11) is 0. The highest BCUT2D eigenvalue weighted by Gasteiger charge is 2.30. The molecule has 2 aromatic carbocycles. The molecular weight excluding hydrogens is 343 g/mol.